The Morgan fingerprint density at radius 3 is 2.50 bits per heavy atom. The van der Waals surface area contributed by atoms with Gasteiger partial charge < -0.3 is 5.32 Å². The molecule has 1 aromatic carbocycles. The molecule has 1 atom stereocenters. The molecule has 20 heavy (non-hydrogen) atoms. The number of rotatable bonds is 5. The Morgan fingerprint density at radius 2 is 1.95 bits per heavy atom. The molecule has 0 bridgehead atoms. The van der Waals surface area contributed by atoms with Crippen LogP contribution < -0.4 is 5.32 Å². The molecule has 0 amide bonds. The average molecular weight is 346 g/mol. The van der Waals surface area contributed by atoms with E-state index in [0.29, 0.717) is 16.9 Å². The predicted octanol–water partition coefficient (Wildman–Crippen LogP) is 4.68. The summed E-state index contributed by atoms with van der Waals surface area (Å²) in [5.41, 5.74) is 0.195. The zero-order valence-electron chi connectivity index (χ0n) is 12.3. The topological polar surface area (TPSA) is 12.0 Å². The third-order valence-corrected chi connectivity index (χ3v) is 4.66. The number of hydrogen-bond donors (Lipinski definition) is 1. The van der Waals surface area contributed by atoms with Crippen molar-refractivity contribution in [2.45, 2.75) is 46.1 Å². The van der Waals surface area contributed by atoms with Crippen LogP contribution in [0.25, 0.3) is 0 Å². The van der Waals surface area contributed by atoms with Crippen molar-refractivity contribution in [3.05, 3.63) is 33.8 Å². The molecule has 1 N–H and O–H groups in total. The molecule has 1 aliphatic carbocycles. The molecule has 1 aliphatic rings. The van der Waals surface area contributed by atoms with Gasteiger partial charge in [-0.3, -0.25) is 0 Å². The van der Waals surface area contributed by atoms with Gasteiger partial charge >= 0.3 is 0 Å². The molecule has 0 spiro atoms. The van der Waals surface area contributed by atoms with Gasteiger partial charge in [0.2, 0.25) is 0 Å². The van der Waals surface area contributed by atoms with Crippen molar-refractivity contribution in [3.8, 4) is 0 Å². The van der Waals surface area contributed by atoms with Crippen LogP contribution in [-0.4, -0.2) is 12.6 Å². The maximum absolute atomic E-state index is 14.1. The van der Waals surface area contributed by atoms with Crippen LogP contribution in [0.1, 0.15) is 39.2 Å². The van der Waals surface area contributed by atoms with E-state index in [-0.39, 0.29) is 16.9 Å². The molecule has 1 saturated carbocycles. The largest absolute Gasteiger partial charge is 0.314 e. The molecule has 1 nitrogen and oxygen atoms in total. The molecule has 1 aromatic rings. The van der Waals surface area contributed by atoms with E-state index in [1.54, 1.807) is 0 Å². The second kappa shape index (κ2) is 6.10. The second-order valence-corrected chi connectivity index (χ2v) is 7.63. The van der Waals surface area contributed by atoms with Crippen molar-refractivity contribution >= 4 is 15.9 Å². The molecular weight excluding hydrogens is 324 g/mol. The third kappa shape index (κ3) is 4.01. The van der Waals surface area contributed by atoms with Crippen molar-refractivity contribution in [2.75, 3.05) is 6.54 Å². The molecule has 112 valence electrons. The number of benzene rings is 1. The molecule has 0 aliphatic heterocycles. The van der Waals surface area contributed by atoms with Crippen molar-refractivity contribution < 1.29 is 8.78 Å². The van der Waals surface area contributed by atoms with Gasteiger partial charge in [-0.05, 0) is 65.2 Å². The number of halogens is 3. The van der Waals surface area contributed by atoms with Crippen molar-refractivity contribution in [1.29, 1.82) is 0 Å². The van der Waals surface area contributed by atoms with Crippen molar-refractivity contribution in [2.24, 2.45) is 11.3 Å². The Balaban J connectivity index is 2.16. The van der Waals surface area contributed by atoms with Gasteiger partial charge in [-0.25, -0.2) is 8.78 Å². The van der Waals surface area contributed by atoms with Gasteiger partial charge in [-0.2, -0.15) is 0 Å². The minimum atomic E-state index is -0.467. The maximum atomic E-state index is 14.1. The highest BCUT2D eigenvalue weighted by Gasteiger charge is 2.30. The van der Waals surface area contributed by atoms with E-state index >= 15 is 0 Å². The summed E-state index contributed by atoms with van der Waals surface area (Å²) in [5, 5.41) is 3.48. The van der Waals surface area contributed by atoms with Crippen LogP contribution in [0.15, 0.2) is 16.6 Å². The summed E-state index contributed by atoms with van der Waals surface area (Å²) < 4.78 is 28.4. The maximum Gasteiger partial charge on any atom is 0.143 e. The lowest BCUT2D eigenvalue weighted by Crippen LogP contribution is -2.34. The van der Waals surface area contributed by atoms with E-state index in [9.17, 15) is 8.78 Å². The summed E-state index contributed by atoms with van der Waals surface area (Å²) in [6, 6.07) is 3.36. The molecule has 0 radical (unpaired) electrons. The molecule has 4 heteroatoms. The molecule has 0 heterocycles. The third-order valence-electron chi connectivity index (χ3n) is 4.04. The van der Waals surface area contributed by atoms with Crippen LogP contribution in [0.2, 0.25) is 0 Å². The Labute approximate surface area is 128 Å². The lowest BCUT2D eigenvalue weighted by atomic mass is 9.77. The summed E-state index contributed by atoms with van der Waals surface area (Å²) in [6.07, 6.45) is 2.85. The first-order valence-corrected chi connectivity index (χ1v) is 7.94. The van der Waals surface area contributed by atoms with E-state index in [1.807, 2.05) is 0 Å². The van der Waals surface area contributed by atoms with Gasteiger partial charge in [-0.1, -0.05) is 20.8 Å². The Kier molecular flexibility index (Phi) is 4.85. The first-order chi connectivity index (χ1) is 9.29. The lowest BCUT2D eigenvalue weighted by molar-refractivity contribution is 0.226. The van der Waals surface area contributed by atoms with E-state index in [2.05, 4.69) is 42.0 Å². The summed E-state index contributed by atoms with van der Waals surface area (Å²) in [7, 11) is 0. The van der Waals surface area contributed by atoms with Gasteiger partial charge in [0.25, 0.3) is 0 Å². The van der Waals surface area contributed by atoms with Gasteiger partial charge in [0.15, 0.2) is 0 Å². The molecule has 0 saturated heterocycles. The second-order valence-electron chi connectivity index (χ2n) is 6.77. The summed E-state index contributed by atoms with van der Waals surface area (Å²) in [6.45, 7) is 7.18. The van der Waals surface area contributed by atoms with Gasteiger partial charge in [-0.15, -0.1) is 0 Å². The van der Waals surface area contributed by atoms with E-state index in [1.165, 1.54) is 25.0 Å². The van der Waals surface area contributed by atoms with Crippen LogP contribution in [-0.2, 0) is 6.42 Å². The van der Waals surface area contributed by atoms with Crippen LogP contribution in [0, 0.1) is 23.0 Å². The smallest absolute Gasteiger partial charge is 0.143 e. The average Bonchev–Trinajstić information content (AvgIpc) is 3.15. The van der Waals surface area contributed by atoms with Crippen LogP contribution in [0.3, 0.4) is 0 Å². The summed E-state index contributed by atoms with van der Waals surface area (Å²) >= 11 is 3.14. The van der Waals surface area contributed by atoms with E-state index < -0.39 is 11.6 Å². The Hall–Kier alpha value is -0.480. The Bertz CT molecular complexity index is 478. The van der Waals surface area contributed by atoms with Crippen LogP contribution in [0.4, 0.5) is 8.78 Å². The highest BCUT2D eigenvalue weighted by atomic mass is 79.9. The lowest BCUT2D eigenvalue weighted by Gasteiger charge is -2.31. The first-order valence-electron chi connectivity index (χ1n) is 7.15. The number of hydrogen-bond acceptors (Lipinski definition) is 1. The van der Waals surface area contributed by atoms with Crippen molar-refractivity contribution in [1.82, 2.24) is 5.32 Å². The minimum Gasteiger partial charge on any atom is -0.314 e. The highest BCUT2D eigenvalue weighted by molar-refractivity contribution is 9.10. The predicted molar refractivity (Wildman–Crippen MR) is 81.7 cm³/mol. The number of nitrogens with one attached hydrogen (secondary N) is 1. The zero-order chi connectivity index (χ0) is 14.9. The fourth-order valence-corrected chi connectivity index (χ4v) is 2.65. The minimum absolute atomic E-state index is 0.00306. The van der Waals surface area contributed by atoms with E-state index in [0.717, 1.165) is 6.54 Å². The first kappa shape index (κ1) is 15.9. The zero-order valence-corrected chi connectivity index (χ0v) is 13.9. The standard InChI is InChI=1S/C16H22BrF2N/c1-16(2,3)10(9-20-11-4-5-11)8-12-14(18)7-6-13(17)15(12)19/h6-7,10-11,20H,4-5,8-9H2,1-3H3. The highest BCUT2D eigenvalue weighted by Crippen LogP contribution is 2.32. The van der Waals surface area contributed by atoms with Gasteiger partial charge in [0.05, 0.1) is 4.47 Å². The summed E-state index contributed by atoms with van der Waals surface area (Å²) in [4.78, 5) is 0. The molecule has 1 unspecified atom stereocenters. The molecule has 1 fully saturated rings. The molecular formula is C16H22BrF2N. The molecule has 2 rings (SSSR count). The van der Waals surface area contributed by atoms with Gasteiger partial charge in [0, 0.05) is 11.6 Å². The Morgan fingerprint density at radius 1 is 1.30 bits per heavy atom. The summed E-state index contributed by atoms with van der Waals surface area (Å²) in [5.74, 6) is -0.724. The van der Waals surface area contributed by atoms with Crippen LogP contribution >= 0.6 is 15.9 Å². The SMILES string of the molecule is CC(C)(C)C(CNC1CC1)Cc1c(F)ccc(Br)c1F. The van der Waals surface area contributed by atoms with E-state index in [4.69, 9.17) is 0 Å². The fraction of sp³-hybridized carbons (Fsp3) is 0.625. The monoisotopic (exact) mass is 345 g/mol. The fourth-order valence-electron chi connectivity index (χ4n) is 2.28. The van der Waals surface area contributed by atoms with Gasteiger partial charge in [0.1, 0.15) is 11.6 Å². The quantitative estimate of drug-likeness (QED) is 0.763. The van der Waals surface area contributed by atoms with Crippen molar-refractivity contribution in [3.63, 3.8) is 0 Å². The molecule has 0 aromatic heterocycles. The normalized spacial score (nSPS) is 17.3. The van der Waals surface area contributed by atoms with Crippen LogP contribution in [0.5, 0.6) is 0 Å².